The zero-order valence-electron chi connectivity index (χ0n) is 7.28. The van der Waals surface area contributed by atoms with Gasteiger partial charge in [0.1, 0.15) is 0 Å². The summed E-state index contributed by atoms with van der Waals surface area (Å²) >= 11 is 3.36. The van der Waals surface area contributed by atoms with E-state index >= 15 is 0 Å². The number of hydrogen-bond acceptors (Lipinski definition) is 2. The Labute approximate surface area is 86.1 Å². The lowest BCUT2D eigenvalue weighted by Gasteiger charge is -2.08. The van der Waals surface area contributed by atoms with Crippen molar-refractivity contribution in [3.63, 3.8) is 0 Å². The minimum absolute atomic E-state index is 0.170. The van der Waals surface area contributed by atoms with E-state index in [1.807, 2.05) is 12.3 Å². The van der Waals surface area contributed by atoms with Gasteiger partial charge in [-0.3, -0.25) is 4.98 Å². The van der Waals surface area contributed by atoms with E-state index in [4.69, 9.17) is 0 Å². The molecule has 0 radical (unpaired) electrons. The van der Waals surface area contributed by atoms with Crippen LogP contribution in [0.1, 0.15) is 18.4 Å². The molecule has 2 rings (SSSR count). The van der Waals surface area contributed by atoms with E-state index in [1.165, 1.54) is 12.8 Å². The van der Waals surface area contributed by atoms with Crippen molar-refractivity contribution in [2.45, 2.75) is 25.4 Å². The summed E-state index contributed by atoms with van der Waals surface area (Å²) in [5.41, 5.74) is 1.11. The molecule has 1 N–H and O–H groups in total. The van der Waals surface area contributed by atoms with Gasteiger partial charge in [-0.25, -0.2) is 0 Å². The van der Waals surface area contributed by atoms with E-state index in [0.29, 0.717) is 5.92 Å². The average molecular weight is 242 g/mol. The Morgan fingerprint density at radius 2 is 2.31 bits per heavy atom. The third-order valence-electron chi connectivity index (χ3n) is 2.37. The predicted octanol–water partition coefficient (Wildman–Crippen LogP) is 2.16. The highest BCUT2D eigenvalue weighted by molar-refractivity contribution is 9.10. The maximum Gasteiger partial charge on any atom is 0.0609 e. The average Bonchev–Trinajstić information content (AvgIpc) is 2.85. The number of aliphatic hydroxyl groups is 1. The number of aliphatic hydroxyl groups excluding tert-OH is 1. The lowest BCUT2D eigenvalue weighted by molar-refractivity contribution is 0.151. The second-order valence-electron chi connectivity index (χ2n) is 3.62. The first-order valence-electron chi connectivity index (χ1n) is 4.53. The molecule has 1 aliphatic rings. The second kappa shape index (κ2) is 3.76. The highest BCUT2D eigenvalue weighted by Crippen LogP contribution is 2.33. The summed E-state index contributed by atoms with van der Waals surface area (Å²) in [6.07, 6.45) is 6.50. The van der Waals surface area contributed by atoms with E-state index in [9.17, 15) is 5.11 Å². The quantitative estimate of drug-likeness (QED) is 0.880. The second-order valence-corrected chi connectivity index (χ2v) is 4.54. The molecule has 0 aromatic carbocycles. The number of pyridine rings is 1. The molecule has 0 amide bonds. The minimum Gasteiger partial charge on any atom is -0.392 e. The Bertz CT molecular complexity index is 299. The van der Waals surface area contributed by atoms with Gasteiger partial charge in [-0.05, 0) is 46.3 Å². The Balaban J connectivity index is 2.00. The fraction of sp³-hybridized carbons (Fsp3) is 0.500. The van der Waals surface area contributed by atoms with Gasteiger partial charge >= 0.3 is 0 Å². The third kappa shape index (κ3) is 2.51. The van der Waals surface area contributed by atoms with Gasteiger partial charge in [0.25, 0.3) is 0 Å². The zero-order chi connectivity index (χ0) is 9.26. The van der Waals surface area contributed by atoms with Crippen LogP contribution in [0.5, 0.6) is 0 Å². The van der Waals surface area contributed by atoms with Crippen LogP contribution >= 0.6 is 15.9 Å². The van der Waals surface area contributed by atoms with Crippen LogP contribution < -0.4 is 0 Å². The summed E-state index contributed by atoms with van der Waals surface area (Å²) < 4.78 is 0.980. The van der Waals surface area contributed by atoms with Gasteiger partial charge in [-0.1, -0.05) is 0 Å². The van der Waals surface area contributed by atoms with Gasteiger partial charge in [-0.15, -0.1) is 0 Å². The lowest BCUT2D eigenvalue weighted by Crippen LogP contribution is -2.12. The SMILES string of the molecule is OC(Cc1cncc(Br)c1)C1CC1. The van der Waals surface area contributed by atoms with Crippen molar-refractivity contribution in [2.75, 3.05) is 0 Å². The Kier molecular flexibility index (Phi) is 2.65. The van der Waals surface area contributed by atoms with Gasteiger partial charge in [0.2, 0.25) is 0 Å². The first-order valence-corrected chi connectivity index (χ1v) is 5.32. The molecule has 0 aliphatic heterocycles. The predicted molar refractivity (Wildman–Crippen MR) is 54.4 cm³/mol. The fourth-order valence-corrected chi connectivity index (χ4v) is 1.87. The van der Waals surface area contributed by atoms with Crippen LogP contribution in [0, 0.1) is 5.92 Å². The Morgan fingerprint density at radius 3 is 2.92 bits per heavy atom. The monoisotopic (exact) mass is 241 g/mol. The standard InChI is InChI=1S/C10H12BrNO/c11-9-3-7(5-12-6-9)4-10(13)8-1-2-8/h3,5-6,8,10,13H,1-2,4H2. The molecule has 0 saturated heterocycles. The largest absolute Gasteiger partial charge is 0.392 e. The van der Waals surface area contributed by atoms with Gasteiger partial charge in [-0.2, -0.15) is 0 Å². The number of hydrogen-bond donors (Lipinski definition) is 1. The van der Waals surface area contributed by atoms with Crippen molar-refractivity contribution in [3.05, 3.63) is 28.5 Å². The zero-order valence-corrected chi connectivity index (χ0v) is 8.87. The van der Waals surface area contributed by atoms with Crippen LogP contribution in [0.25, 0.3) is 0 Å². The fourth-order valence-electron chi connectivity index (χ4n) is 1.46. The molecule has 70 valence electrons. The molecule has 1 unspecified atom stereocenters. The highest BCUT2D eigenvalue weighted by Gasteiger charge is 2.29. The summed E-state index contributed by atoms with van der Waals surface area (Å²) in [6, 6.07) is 2.01. The van der Waals surface area contributed by atoms with E-state index in [0.717, 1.165) is 16.5 Å². The van der Waals surface area contributed by atoms with Crippen molar-refractivity contribution in [3.8, 4) is 0 Å². The number of rotatable bonds is 3. The molecule has 0 bridgehead atoms. The first-order chi connectivity index (χ1) is 6.25. The maximum atomic E-state index is 9.69. The minimum atomic E-state index is -0.170. The molecule has 1 aliphatic carbocycles. The van der Waals surface area contributed by atoms with Crippen molar-refractivity contribution in [1.29, 1.82) is 0 Å². The van der Waals surface area contributed by atoms with Crippen molar-refractivity contribution >= 4 is 15.9 Å². The third-order valence-corrected chi connectivity index (χ3v) is 2.81. The van der Waals surface area contributed by atoms with Crippen molar-refractivity contribution in [2.24, 2.45) is 5.92 Å². The number of aromatic nitrogens is 1. The summed E-state index contributed by atoms with van der Waals surface area (Å²) in [4.78, 5) is 4.06. The summed E-state index contributed by atoms with van der Waals surface area (Å²) in [5, 5.41) is 9.69. The van der Waals surface area contributed by atoms with Crippen LogP contribution in [-0.2, 0) is 6.42 Å². The Hall–Kier alpha value is -0.410. The van der Waals surface area contributed by atoms with E-state index < -0.39 is 0 Å². The Morgan fingerprint density at radius 1 is 1.54 bits per heavy atom. The normalized spacial score (nSPS) is 18.6. The van der Waals surface area contributed by atoms with Gasteiger partial charge in [0.05, 0.1) is 6.10 Å². The first kappa shape index (κ1) is 9.16. The summed E-state index contributed by atoms with van der Waals surface area (Å²) in [6.45, 7) is 0. The maximum absolute atomic E-state index is 9.69. The molecule has 1 atom stereocenters. The van der Waals surface area contributed by atoms with Gasteiger partial charge in [0.15, 0.2) is 0 Å². The number of halogens is 1. The van der Waals surface area contributed by atoms with Crippen LogP contribution in [-0.4, -0.2) is 16.2 Å². The van der Waals surface area contributed by atoms with Crippen molar-refractivity contribution in [1.82, 2.24) is 4.98 Å². The molecule has 2 nitrogen and oxygen atoms in total. The molecule has 1 fully saturated rings. The molecule has 3 heteroatoms. The molecular weight excluding hydrogens is 230 g/mol. The van der Waals surface area contributed by atoms with Gasteiger partial charge in [0, 0.05) is 23.3 Å². The van der Waals surface area contributed by atoms with Gasteiger partial charge < -0.3 is 5.11 Å². The smallest absolute Gasteiger partial charge is 0.0609 e. The molecule has 0 spiro atoms. The van der Waals surface area contributed by atoms with E-state index in [1.54, 1.807) is 6.20 Å². The molecule has 1 saturated carbocycles. The lowest BCUT2D eigenvalue weighted by atomic mass is 10.1. The molecule has 1 aromatic rings. The van der Waals surface area contributed by atoms with E-state index in [2.05, 4.69) is 20.9 Å². The molecule has 1 aromatic heterocycles. The number of nitrogens with zero attached hydrogens (tertiary/aromatic N) is 1. The van der Waals surface area contributed by atoms with Crippen LogP contribution in [0.4, 0.5) is 0 Å². The summed E-state index contributed by atoms with van der Waals surface area (Å²) in [5.74, 6) is 0.541. The van der Waals surface area contributed by atoms with Crippen LogP contribution in [0.15, 0.2) is 22.9 Å². The topological polar surface area (TPSA) is 33.1 Å². The van der Waals surface area contributed by atoms with E-state index in [-0.39, 0.29) is 6.10 Å². The summed E-state index contributed by atoms with van der Waals surface area (Å²) in [7, 11) is 0. The molecular formula is C10H12BrNO. The molecule has 13 heavy (non-hydrogen) atoms. The highest BCUT2D eigenvalue weighted by atomic mass is 79.9. The van der Waals surface area contributed by atoms with Crippen molar-refractivity contribution < 1.29 is 5.11 Å². The van der Waals surface area contributed by atoms with Crippen LogP contribution in [0.3, 0.4) is 0 Å². The molecule has 1 heterocycles. The van der Waals surface area contributed by atoms with Crippen LogP contribution in [0.2, 0.25) is 0 Å².